The van der Waals surface area contributed by atoms with Crippen LogP contribution >= 0.6 is 0 Å². The summed E-state index contributed by atoms with van der Waals surface area (Å²) < 4.78 is 16.4. The van der Waals surface area contributed by atoms with Gasteiger partial charge in [-0.2, -0.15) is 0 Å². The van der Waals surface area contributed by atoms with Gasteiger partial charge in [0.25, 0.3) is 0 Å². The van der Waals surface area contributed by atoms with Crippen molar-refractivity contribution in [2.24, 2.45) is 0 Å². The molecule has 0 aliphatic rings. The normalized spacial score (nSPS) is 11.5. The molecule has 0 aromatic heterocycles. The van der Waals surface area contributed by atoms with E-state index in [9.17, 15) is 4.79 Å². The Morgan fingerprint density at radius 3 is 2.52 bits per heavy atom. The molecule has 1 unspecified atom stereocenters. The van der Waals surface area contributed by atoms with Crippen LogP contribution in [0.5, 0.6) is 5.75 Å². The Morgan fingerprint density at radius 2 is 1.83 bits per heavy atom. The van der Waals surface area contributed by atoms with Crippen molar-refractivity contribution in [3.05, 3.63) is 67.3 Å². The van der Waals surface area contributed by atoms with Gasteiger partial charge in [0.2, 0.25) is 6.29 Å². The number of esters is 1. The summed E-state index contributed by atoms with van der Waals surface area (Å²) in [7, 11) is 0. The fraction of sp³-hybridized carbons (Fsp3) is 0.211. The Labute approximate surface area is 136 Å². The first-order valence-corrected chi connectivity index (χ1v) is 7.46. The predicted molar refractivity (Wildman–Crippen MR) is 89.1 cm³/mol. The van der Waals surface area contributed by atoms with Crippen LogP contribution in [0.3, 0.4) is 0 Å². The number of carbonyl (C=O) groups is 1. The molecule has 0 saturated carbocycles. The minimum atomic E-state index is -0.672. The second-order valence-corrected chi connectivity index (χ2v) is 4.70. The molecule has 0 spiro atoms. The largest absolute Gasteiger partial charge is 0.461 e. The molecule has 0 saturated heterocycles. The SMILES string of the molecule is C=CC(=O)OCC(OCC)Oc1ccccc1-c1ccccc1. The zero-order chi connectivity index (χ0) is 16.5. The maximum absolute atomic E-state index is 11.2. The summed E-state index contributed by atoms with van der Waals surface area (Å²) >= 11 is 0. The molecular weight excluding hydrogens is 292 g/mol. The van der Waals surface area contributed by atoms with Gasteiger partial charge >= 0.3 is 5.97 Å². The van der Waals surface area contributed by atoms with E-state index in [1.54, 1.807) is 0 Å². The summed E-state index contributed by atoms with van der Waals surface area (Å²) in [6.45, 7) is 5.67. The summed E-state index contributed by atoms with van der Waals surface area (Å²) in [6, 6.07) is 17.6. The van der Waals surface area contributed by atoms with Crippen LogP contribution in [-0.2, 0) is 14.3 Å². The zero-order valence-electron chi connectivity index (χ0n) is 13.1. The number of hydrogen-bond donors (Lipinski definition) is 0. The van der Waals surface area contributed by atoms with Gasteiger partial charge in [-0.1, -0.05) is 55.1 Å². The highest BCUT2D eigenvalue weighted by Gasteiger charge is 2.15. The smallest absolute Gasteiger partial charge is 0.330 e. The molecule has 2 aromatic carbocycles. The minimum absolute atomic E-state index is 0.00180. The van der Waals surface area contributed by atoms with Crippen LogP contribution in [-0.4, -0.2) is 25.5 Å². The molecule has 0 aliphatic heterocycles. The second-order valence-electron chi connectivity index (χ2n) is 4.70. The lowest BCUT2D eigenvalue weighted by Crippen LogP contribution is -2.28. The van der Waals surface area contributed by atoms with Crippen molar-refractivity contribution in [3.63, 3.8) is 0 Å². The molecule has 2 aromatic rings. The first-order valence-electron chi connectivity index (χ1n) is 7.46. The summed E-state index contributed by atoms with van der Waals surface area (Å²) in [6.07, 6.45) is 0.440. The molecule has 0 bridgehead atoms. The van der Waals surface area contributed by atoms with Gasteiger partial charge in [0.05, 0.1) is 0 Å². The van der Waals surface area contributed by atoms with E-state index >= 15 is 0 Å². The molecule has 0 radical (unpaired) electrons. The molecule has 0 N–H and O–H groups in total. The molecule has 4 nitrogen and oxygen atoms in total. The van der Waals surface area contributed by atoms with Crippen LogP contribution in [0.2, 0.25) is 0 Å². The standard InChI is InChI=1S/C19H20O4/c1-3-18(20)22-14-19(21-4-2)23-17-13-9-8-12-16(17)15-10-6-5-7-11-15/h3,5-13,19H,1,4,14H2,2H3. The molecular formula is C19H20O4. The van der Waals surface area contributed by atoms with E-state index in [0.29, 0.717) is 12.4 Å². The molecule has 2 rings (SSSR count). The van der Waals surface area contributed by atoms with Crippen molar-refractivity contribution >= 4 is 5.97 Å². The van der Waals surface area contributed by atoms with E-state index in [0.717, 1.165) is 17.2 Å². The summed E-state index contributed by atoms with van der Waals surface area (Å²) in [4.78, 5) is 11.2. The first-order chi connectivity index (χ1) is 11.2. The van der Waals surface area contributed by atoms with Crippen molar-refractivity contribution in [3.8, 4) is 16.9 Å². The van der Waals surface area contributed by atoms with Crippen molar-refractivity contribution in [2.75, 3.05) is 13.2 Å². The number of hydrogen-bond acceptors (Lipinski definition) is 4. The average molecular weight is 312 g/mol. The van der Waals surface area contributed by atoms with Crippen LogP contribution in [0.4, 0.5) is 0 Å². The molecule has 23 heavy (non-hydrogen) atoms. The second kappa shape index (κ2) is 8.76. The number of carbonyl (C=O) groups excluding carboxylic acids is 1. The van der Waals surface area contributed by atoms with Gasteiger partial charge in [-0.3, -0.25) is 0 Å². The quantitative estimate of drug-likeness (QED) is 0.422. The van der Waals surface area contributed by atoms with E-state index in [4.69, 9.17) is 14.2 Å². The Balaban J connectivity index is 2.16. The zero-order valence-corrected chi connectivity index (χ0v) is 13.1. The van der Waals surface area contributed by atoms with Crippen molar-refractivity contribution < 1.29 is 19.0 Å². The van der Waals surface area contributed by atoms with Crippen molar-refractivity contribution in [1.82, 2.24) is 0 Å². The van der Waals surface area contributed by atoms with Crippen LogP contribution in [0.1, 0.15) is 6.92 Å². The van der Waals surface area contributed by atoms with Crippen LogP contribution in [0, 0.1) is 0 Å². The van der Waals surface area contributed by atoms with Gasteiger partial charge in [0.1, 0.15) is 5.75 Å². The number of para-hydroxylation sites is 1. The fourth-order valence-electron chi connectivity index (χ4n) is 2.08. The highest BCUT2D eigenvalue weighted by atomic mass is 16.7. The summed E-state index contributed by atoms with van der Waals surface area (Å²) in [5, 5.41) is 0. The average Bonchev–Trinajstić information content (AvgIpc) is 2.60. The van der Waals surface area contributed by atoms with Crippen LogP contribution < -0.4 is 4.74 Å². The van der Waals surface area contributed by atoms with Gasteiger partial charge in [-0.15, -0.1) is 0 Å². The van der Waals surface area contributed by atoms with Gasteiger partial charge in [-0.05, 0) is 18.6 Å². The number of benzene rings is 2. The summed E-state index contributed by atoms with van der Waals surface area (Å²) in [5.74, 6) is 0.168. The monoisotopic (exact) mass is 312 g/mol. The van der Waals surface area contributed by atoms with Gasteiger partial charge < -0.3 is 14.2 Å². The highest BCUT2D eigenvalue weighted by molar-refractivity contribution is 5.81. The maximum Gasteiger partial charge on any atom is 0.330 e. The Bertz CT molecular complexity index is 637. The van der Waals surface area contributed by atoms with Gasteiger partial charge in [0, 0.05) is 18.2 Å². The van der Waals surface area contributed by atoms with Gasteiger partial charge in [-0.25, -0.2) is 4.79 Å². The third-order valence-electron chi connectivity index (χ3n) is 3.11. The van der Waals surface area contributed by atoms with E-state index in [1.807, 2.05) is 61.5 Å². The van der Waals surface area contributed by atoms with E-state index < -0.39 is 12.3 Å². The molecule has 0 fully saturated rings. The third kappa shape index (κ3) is 4.97. The maximum atomic E-state index is 11.2. The molecule has 1 atom stereocenters. The van der Waals surface area contributed by atoms with E-state index in [-0.39, 0.29) is 6.61 Å². The topological polar surface area (TPSA) is 44.8 Å². The molecule has 0 heterocycles. The third-order valence-corrected chi connectivity index (χ3v) is 3.11. The lowest BCUT2D eigenvalue weighted by molar-refractivity contribution is -0.154. The Kier molecular flexibility index (Phi) is 6.39. The van der Waals surface area contributed by atoms with Crippen LogP contribution in [0.15, 0.2) is 67.3 Å². The summed E-state index contributed by atoms with van der Waals surface area (Å²) in [5.41, 5.74) is 1.99. The Hall–Kier alpha value is -2.59. The molecule has 0 amide bonds. The van der Waals surface area contributed by atoms with Gasteiger partial charge in [0.15, 0.2) is 6.61 Å². The molecule has 0 aliphatic carbocycles. The van der Waals surface area contributed by atoms with Crippen molar-refractivity contribution in [1.29, 1.82) is 0 Å². The predicted octanol–water partition coefficient (Wildman–Crippen LogP) is 3.82. The number of ether oxygens (including phenoxy) is 3. The minimum Gasteiger partial charge on any atom is -0.461 e. The fourth-order valence-corrected chi connectivity index (χ4v) is 2.08. The lowest BCUT2D eigenvalue weighted by atomic mass is 10.1. The molecule has 4 heteroatoms. The van der Waals surface area contributed by atoms with Crippen molar-refractivity contribution in [2.45, 2.75) is 13.2 Å². The van der Waals surface area contributed by atoms with Crippen LogP contribution in [0.25, 0.3) is 11.1 Å². The number of rotatable bonds is 8. The highest BCUT2D eigenvalue weighted by Crippen LogP contribution is 2.30. The van der Waals surface area contributed by atoms with E-state index in [1.165, 1.54) is 0 Å². The first kappa shape index (κ1) is 16.8. The lowest BCUT2D eigenvalue weighted by Gasteiger charge is -2.20. The van der Waals surface area contributed by atoms with E-state index in [2.05, 4.69) is 6.58 Å². The Morgan fingerprint density at radius 1 is 1.13 bits per heavy atom. The molecule has 120 valence electrons.